The second-order valence-electron chi connectivity index (χ2n) is 13.9. The zero-order valence-corrected chi connectivity index (χ0v) is 30.4. The van der Waals surface area contributed by atoms with Crippen LogP contribution in [0.2, 0.25) is 0 Å². The van der Waals surface area contributed by atoms with Gasteiger partial charge in [-0.1, -0.05) is 194 Å². The molecule has 262 valence electrons. The molecule has 0 bridgehead atoms. The van der Waals surface area contributed by atoms with Crippen molar-refractivity contribution >= 4 is 21.7 Å². The van der Waals surface area contributed by atoms with Crippen LogP contribution < -0.4 is 0 Å². The molecule has 0 N–H and O–H groups in total. The summed E-state index contributed by atoms with van der Waals surface area (Å²) in [6.45, 7) is 0. The van der Waals surface area contributed by atoms with Gasteiger partial charge in [0.1, 0.15) is 0 Å². The topological polar surface area (TPSA) is 51.6 Å². The molecule has 2 aromatic heterocycles. The summed E-state index contributed by atoms with van der Waals surface area (Å²) in [5.41, 5.74) is 12.6. The number of aromatic nitrogens is 4. The summed E-state index contributed by atoms with van der Waals surface area (Å²) >= 11 is 0. The Hall–Kier alpha value is -7.56. The van der Waals surface area contributed by atoms with Gasteiger partial charge in [0.2, 0.25) is 0 Å². The smallest absolute Gasteiger partial charge is 0.164 e. The Morgan fingerprint density at radius 2 is 0.661 bits per heavy atom. The number of fused-ring (bicyclic) bond motifs is 3. The normalized spacial score (nSPS) is 11.2. The third-order valence-electron chi connectivity index (χ3n) is 10.4. The van der Waals surface area contributed by atoms with Gasteiger partial charge in [-0.15, -0.1) is 0 Å². The minimum absolute atomic E-state index is 0.617. The molecule has 4 nitrogen and oxygen atoms in total. The van der Waals surface area contributed by atoms with E-state index in [1.807, 2.05) is 18.2 Å². The number of hydrogen-bond donors (Lipinski definition) is 0. The highest BCUT2D eigenvalue weighted by Gasteiger charge is 2.16. The molecule has 0 aliphatic rings. The predicted molar refractivity (Wildman–Crippen MR) is 231 cm³/mol. The van der Waals surface area contributed by atoms with E-state index in [2.05, 4.69) is 188 Å². The average molecular weight is 715 g/mol. The molecule has 0 atom stereocenters. The van der Waals surface area contributed by atoms with E-state index >= 15 is 0 Å². The van der Waals surface area contributed by atoms with Crippen LogP contribution in [0, 0.1) is 0 Å². The van der Waals surface area contributed by atoms with Crippen molar-refractivity contribution in [2.75, 3.05) is 0 Å². The maximum absolute atomic E-state index is 5.14. The van der Waals surface area contributed by atoms with Gasteiger partial charge in [-0.25, -0.2) is 19.9 Å². The van der Waals surface area contributed by atoms with E-state index < -0.39 is 0 Å². The van der Waals surface area contributed by atoms with Crippen LogP contribution in [0.4, 0.5) is 0 Å². The van der Waals surface area contributed by atoms with Crippen molar-refractivity contribution in [2.45, 2.75) is 0 Å². The molecule has 8 aromatic carbocycles. The van der Waals surface area contributed by atoms with Crippen molar-refractivity contribution in [1.29, 1.82) is 0 Å². The Balaban J connectivity index is 1.08. The van der Waals surface area contributed by atoms with E-state index in [1.54, 1.807) is 0 Å². The predicted octanol–water partition coefficient (Wildman–Crippen LogP) is 13.2. The number of hydrogen-bond acceptors (Lipinski definition) is 4. The molecule has 56 heavy (non-hydrogen) atoms. The van der Waals surface area contributed by atoms with E-state index in [0.717, 1.165) is 61.1 Å². The monoisotopic (exact) mass is 714 g/mol. The highest BCUT2D eigenvalue weighted by Crippen LogP contribution is 2.37. The van der Waals surface area contributed by atoms with Crippen molar-refractivity contribution in [2.24, 2.45) is 0 Å². The lowest BCUT2D eigenvalue weighted by Crippen LogP contribution is -2.00. The molecule has 0 radical (unpaired) electrons. The number of nitrogens with zero attached hydrogens (tertiary/aromatic N) is 4. The largest absolute Gasteiger partial charge is 0.248 e. The van der Waals surface area contributed by atoms with Crippen LogP contribution in [0.5, 0.6) is 0 Å². The summed E-state index contributed by atoms with van der Waals surface area (Å²) in [7, 11) is 0. The van der Waals surface area contributed by atoms with Crippen LogP contribution in [-0.4, -0.2) is 19.9 Å². The van der Waals surface area contributed by atoms with Crippen molar-refractivity contribution in [3.63, 3.8) is 0 Å². The van der Waals surface area contributed by atoms with Crippen LogP contribution in [0.1, 0.15) is 0 Å². The minimum Gasteiger partial charge on any atom is -0.248 e. The maximum atomic E-state index is 5.14. The van der Waals surface area contributed by atoms with Gasteiger partial charge >= 0.3 is 0 Å². The lowest BCUT2D eigenvalue weighted by atomic mass is 9.94. The van der Waals surface area contributed by atoms with Crippen LogP contribution in [0.15, 0.2) is 206 Å². The summed E-state index contributed by atoms with van der Waals surface area (Å²) in [4.78, 5) is 20.3. The molecular formula is C52H34N4. The number of pyridine rings is 1. The zero-order valence-electron chi connectivity index (χ0n) is 30.4. The molecular weight excluding hydrogens is 681 g/mol. The van der Waals surface area contributed by atoms with Crippen LogP contribution in [0.3, 0.4) is 0 Å². The summed E-state index contributed by atoms with van der Waals surface area (Å²) in [6, 6.07) is 71.7. The first kappa shape index (κ1) is 33.0. The van der Waals surface area contributed by atoms with Gasteiger partial charge in [-0.3, -0.25) is 0 Å². The molecule has 0 saturated heterocycles. The van der Waals surface area contributed by atoms with E-state index in [4.69, 9.17) is 19.9 Å². The maximum Gasteiger partial charge on any atom is 0.164 e. The molecule has 2 heterocycles. The molecule has 0 aliphatic heterocycles. The summed E-state index contributed by atoms with van der Waals surface area (Å²) < 4.78 is 0. The van der Waals surface area contributed by atoms with Crippen molar-refractivity contribution < 1.29 is 0 Å². The molecule has 10 aromatic rings. The second-order valence-corrected chi connectivity index (χ2v) is 13.9. The molecule has 4 heteroatoms. The fraction of sp³-hybridized carbons (Fsp3) is 0. The van der Waals surface area contributed by atoms with Gasteiger partial charge in [-0.05, 0) is 56.3 Å². The standard InChI is InChI=1S/C52H34N4/c1-4-12-35(13-5-1)37-20-26-42(27-21-37)50-54-51(43-28-22-38(23-29-43)36-14-6-2-7-15-36)56-52(55-50)44-30-24-40(25-31-44)46-34-48(41-17-8-3-9-18-41)53-47-33-32-39-16-10-11-19-45(39)49(46)47/h1-34H. The first-order valence-corrected chi connectivity index (χ1v) is 18.8. The Kier molecular flexibility index (Phi) is 8.47. The van der Waals surface area contributed by atoms with E-state index in [1.165, 1.54) is 21.9 Å². The Bertz CT molecular complexity index is 2860. The van der Waals surface area contributed by atoms with Gasteiger partial charge in [0.25, 0.3) is 0 Å². The van der Waals surface area contributed by atoms with E-state index in [-0.39, 0.29) is 0 Å². The van der Waals surface area contributed by atoms with Crippen LogP contribution in [0.25, 0.3) is 100 Å². The van der Waals surface area contributed by atoms with Crippen LogP contribution in [-0.2, 0) is 0 Å². The average Bonchev–Trinajstić information content (AvgIpc) is 3.29. The van der Waals surface area contributed by atoms with E-state index in [0.29, 0.717) is 17.5 Å². The highest BCUT2D eigenvalue weighted by molar-refractivity contribution is 6.13. The van der Waals surface area contributed by atoms with Gasteiger partial charge < -0.3 is 0 Å². The number of benzene rings is 8. The lowest BCUT2D eigenvalue weighted by Gasteiger charge is -2.14. The summed E-state index contributed by atoms with van der Waals surface area (Å²) in [5.74, 6) is 1.87. The number of rotatable bonds is 7. The quantitative estimate of drug-likeness (QED) is 0.154. The lowest BCUT2D eigenvalue weighted by molar-refractivity contribution is 1.07. The molecule has 0 amide bonds. The van der Waals surface area contributed by atoms with Crippen molar-refractivity contribution in [3.8, 4) is 78.8 Å². The second kappa shape index (κ2) is 14.3. The molecule has 0 saturated carbocycles. The van der Waals surface area contributed by atoms with Gasteiger partial charge in [-0.2, -0.15) is 0 Å². The third-order valence-corrected chi connectivity index (χ3v) is 10.4. The highest BCUT2D eigenvalue weighted by atomic mass is 15.0. The van der Waals surface area contributed by atoms with Gasteiger partial charge in [0, 0.05) is 27.6 Å². The fourth-order valence-corrected chi connectivity index (χ4v) is 7.44. The SMILES string of the molecule is c1ccc(-c2ccc(-c3nc(-c4ccc(-c5ccccc5)cc4)nc(-c4ccc(-c5cc(-c6ccccc6)nc6ccc7ccccc7c56)cc4)n3)cc2)cc1. The minimum atomic E-state index is 0.617. The molecule has 0 unspecified atom stereocenters. The third kappa shape index (κ3) is 6.40. The van der Waals surface area contributed by atoms with Gasteiger partial charge in [0.05, 0.1) is 11.2 Å². The van der Waals surface area contributed by atoms with E-state index in [9.17, 15) is 0 Å². The van der Waals surface area contributed by atoms with Crippen LogP contribution >= 0.6 is 0 Å². The first-order chi connectivity index (χ1) is 27.7. The summed E-state index contributed by atoms with van der Waals surface area (Å²) in [5, 5.41) is 3.50. The first-order valence-electron chi connectivity index (χ1n) is 18.8. The molecule has 0 aliphatic carbocycles. The fourth-order valence-electron chi connectivity index (χ4n) is 7.44. The summed E-state index contributed by atoms with van der Waals surface area (Å²) in [6.07, 6.45) is 0. The molecule has 0 spiro atoms. The van der Waals surface area contributed by atoms with Crippen molar-refractivity contribution in [3.05, 3.63) is 206 Å². The molecule has 0 fully saturated rings. The zero-order chi connectivity index (χ0) is 37.3. The Labute approximate surface area is 325 Å². The Morgan fingerprint density at radius 1 is 0.268 bits per heavy atom. The van der Waals surface area contributed by atoms with Gasteiger partial charge in [0.15, 0.2) is 17.5 Å². The molecule has 10 rings (SSSR count). The van der Waals surface area contributed by atoms with Crippen molar-refractivity contribution in [1.82, 2.24) is 19.9 Å². The Morgan fingerprint density at radius 3 is 1.16 bits per heavy atom.